The second kappa shape index (κ2) is 5.19. The molecule has 1 amide bonds. The van der Waals surface area contributed by atoms with Crippen LogP contribution >= 0.6 is 0 Å². The third kappa shape index (κ3) is 3.25. The first-order valence-electron chi connectivity index (χ1n) is 6.96. The molecule has 1 aliphatic rings. The fraction of sp³-hybridized carbons (Fsp3) is 0.600. The summed E-state index contributed by atoms with van der Waals surface area (Å²) in [7, 11) is 1.82. The zero-order valence-electron chi connectivity index (χ0n) is 12.2. The highest BCUT2D eigenvalue weighted by atomic mass is 16.1. The fourth-order valence-corrected chi connectivity index (χ4v) is 2.19. The van der Waals surface area contributed by atoms with E-state index in [1.807, 2.05) is 19.2 Å². The molecule has 1 fully saturated rings. The number of carbonyl (C=O) groups excluding carboxylic acids is 1. The summed E-state index contributed by atoms with van der Waals surface area (Å²) in [5, 5.41) is 6.10. The second-order valence-corrected chi connectivity index (χ2v) is 5.95. The van der Waals surface area contributed by atoms with Crippen LogP contribution in [0.25, 0.3) is 0 Å². The molecule has 1 saturated carbocycles. The number of anilines is 1. The number of carbonyl (C=O) groups is 1. The SMILES string of the molecule is CCCc1cc(C(=O)NC2CC2(C)C)cc(NC)n1. The zero-order chi connectivity index (χ0) is 14.0. The minimum atomic E-state index is 0.00632. The van der Waals surface area contributed by atoms with Crippen molar-refractivity contribution >= 4 is 11.7 Å². The van der Waals surface area contributed by atoms with Crippen LogP contribution in [-0.2, 0) is 6.42 Å². The van der Waals surface area contributed by atoms with Crippen LogP contribution in [0.15, 0.2) is 12.1 Å². The van der Waals surface area contributed by atoms with Gasteiger partial charge in [-0.15, -0.1) is 0 Å². The molecule has 0 aromatic carbocycles. The lowest BCUT2D eigenvalue weighted by Gasteiger charge is -2.10. The number of nitrogens with zero attached hydrogens (tertiary/aromatic N) is 1. The highest BCUT2D eigenvalue weighted by Crippen LogP contribution is 2.44. The highest BCUT2D eigenvalue weighted by molar-refractivity contribution is 5.95. The van der Waals surface area contributed by atoms with Gasteiger partial charge in [0.1, 0.15) is 5.82 Å². The minimum Gasteiger partial charge on any atom is -0.373 e. The summed E-state index contributed by atoms with van der Waals surface area (Å²) in [4.78, 5) is 16.7. The van der Waals surface area contributed by atoms with E-state index in [0.717, 1.165) is 30.8 Å². The Morgan fingerprint density at radius 3 is 2.68 bits per heavy atom. The maximum absolute atomic E-state index is 12.2. The Balaban J connectivity index is 2.13. The summed E-state index contributed by atoms with van der Waals surface area (Å²) in [5.41, 5.74) is 1.92. The van der Waals surface area contributed by atoms with E-state index in [0.29, 0.717) is 11.6 Å². The molecular formula is C15H23N3O. The second-order valence-electron chi connectivity index (χ2n) is 5.95. The summed E-state index contributed by atoms with van der Waals surface area (Å²) in [6.45, 7) is 6.46. The molecule has 0 spiro atoms. The van der Waals surface area contributed by atoms with E-state index in [1.165, 1.54) is 0 Å². The van der Waals surface area contributed by atoms with Gasteiger partial charge in [0.15, 0.2) is 0 Å². The molecule has 1 aromatic rings. The number of nitrogens with one attached hydrogen (secondary N) is 2. The Labute approximate surface area is 115 Å². The topological polar surface area (TPSA) is 54.0 Å². The standard InChI is InChI=1S/C15H23N3O/c1-5-6-11-7-10(8-13(16-4)17-11)14(19)18-12-9-15(12,2)3/h7-8,12H,5-6,9H2,1-4H3,(H,16,17)(H,18,19). The fourth-order valence-electron chi connectivity index (χ4n) is 2.19. The molecule has 0 saturated heterocycles. The summed E-state index contributed by atoms with van der Waals surface area (Å²) in [6, 6.07) is 4.01. The number of aryl methyl sites for hydroxylation is 1. The maximum Gasteiger partial charge on any atom is 0.251 e. The highest BCUT2D eigenvalue weighted by Gasteiger charge is 2.46. The summed E-state index contributed by atoms with van der Waals surface area (Å²) < 4.78 is 0. The number of pyridine rings is 1. The molecule has 1 heterocycles. The molecule has 2 rings (SSSR count). The molecule has 19 heavy (non-hydrogen) atoms. The molecule has 4 heteroatoms. The van der Waals surface area contributed by atoms with Gasteiger partial charge in [-0.2, -0.15) is 0 Å². The van der Waals surface area contributed by atoms with Crippen LogP contribution in [0, 0.1) is 5.41 Å². The van der Waals surface area contributed by atoms with Gasteiger partial charge < -0.3 is 10.6 Å². The van der Waals surface area contributed by atoms with Crippen molar-refractivity contribution in [3.63, 3.8) is 0 Å². The van der Waals surface area contributed by atoms with Crippen molar-refractivity contribution in [2.75, 3.05) is 12.4 Å². The monoisotopic (exact) mass is 261 g/mol. The molecule has 4 nitrogen and oxygen atoms in total. The van der Waals surface area contributed by atoms with Gasteiger partial charge in [-0.3, -0.25) is 4.79 Å². The molecule has 0 aliphatic heterocycles. The average molecular weight is 261 g/mol. The van der Waals surface area contributed by atoms with Crippen LogP contribution < -0.4 is 10.6 Å². The number of amides is 1. The van der Waals surface area contributed by atoms with Crippen LogP contribution in [-0.4, -0.2) is 24.0 Å². The van der Waals surface area contributed by atoms with Crippen molar-refractivity contribution < 1.29 is 4.79 Å². The quantitative estimate of drug-likeness (QED) is 0.856. The van der Waals surface area contributed by atoms with Gasteiger partial charge in [0.05, 0.1) is 0 Å². The third-order valence-corrected chi connectivity index (χ3v) is 3.72. The summed E-state index contributed by atoms with van der Waals surface area (Å²) >= 11 is 0. The first kappa shape index (κ1) is 13.8. The van der Waals surface area contributed by atoms with Crippen LogP contribution in [0.4, 0.5) is 5.82 Å². The predicted octanol–water partition coefficient (Wildman–Crippen LogP) is 2.60. The number of hydrogen-bond acceptors (Lipinski definition) is 3. The lowest BCUT2D eigenvalue weighted by atomic mass is 10.1. The summed E-state index contributed by atoms with van der Waals surface area (Å²) in [5.74, 6) is 0.762. The smallest absolute Gasteiger partial charge is 0.251 e. The summed E-state index contributed by atoms with van der Waals surface area (Å²) in [6.07, 6.45) is 2.98. The van der Waals surface area contributed by atoms with Crippen molar-refractivity contribution in [3.8, 4) is 0 Å². The molecule has 104 valence electrons. The number of hydrogen-bond donors (Lipinski definition) is 2. The first-order chi connectivity index (χ1) is 8.96. The predicted molar refractivity (Wildman–Crippen MR) is 77.4 cm³/mol. The Morgan fingerprint density at radius 1 is 1.47 bits per heavy atom. The molecule has 2 N–H and O–H groups in total. The van der Waals surface area contributed by atoms with E-state index >= 15 is 0 Å². The molecule has 1 aliphatic carbocycles. The lowest BCUT2D eigenvalue weighted by molar-refractivity contribution is 0.0946. The molecule has 1 unspecified atom stereocenters. The van der Waals surface area contributed by atoms with E-state index in [-0.39, 0.29) is 11.3 Å². The maximum atomic E-state index is 12.2. The molecule has 0 radical (unpaired) electrons. The number of aromatic nitrogens is 1. The van der Waals surface area contributed by atoms with Gasteiger partial charge in [0, 0.05) is 24.3 Å². The van der Waals surface area contributed by atoms with E-state index in [4.69, 9.17) is 0 Å². The Morgan fingerprint density at radius 2 is 2.16 bits per heavy atom. The van der Waals surface area contributed by atoms with E-state index in [9.17, 15) is 4.79 Å². The molecular weight excluding hydrogens is 238 g/mol. The zero-order valence-corrected chi connectivity index (χ0v) is 12.2. The molecule has 1 atom stereocenters. The lowest BCUT2D eigenvalue weighted by Crippen LogP contribution is -2.28. The van der Waals surface area contributed by atoms with Crippen LogP contribution in [0.2, 0.25) is 0 Å². The minimum absolute atomic E-state index is 0.00632. The van der Waals surface area contributed by atoms with Crippen LogP contribution in [0.5, 0.6) is 0 Å². The van der Waals surface area contributed by atoms with Gasteiger partial charge in [-0.25, -0.2) is 4.98 Å². The van der Waals surface area contributed by atoms with Crippen molar-refractivity contribution in [1.29, 1.82) is 0 Å². The van der Waals surface area contributed by atoms with Crippen molar-refractivity contribution in [2.45, 2.75) is 46.1 Å². The van der Waals surface area contributed by atoms with Gasteiger partial charge in [-0.05, 0) is 30.4 Å². The normalized spacial score (nSPS) is 19.9. The van der Waals surface area contributed by atoms with Gasteiger partial charge >= 0.3 is 0 Å². The van der Waals surface area contributed by atoms with Crippen LogP contribution in [0.1, 0.15) is 49.7 Å². The number of rotatable bonds is 5. The van der Waals surface area contributed by atoms with E-state index in [2.05, 4.69) is 36.4 Å². The van der Waals surface area contributed by atoms with Crippen molar-refractivity contribution in [2.24, 2.45) is 5.41 Å². The Kier molecular flexibility index (Phi) is 3.78. The average Bonchev–Trinajstić information content (AvgIpc) is 2.96. The van der Waals surface area contributed by atoms with E-state index in [1.54, 1.807) is 0 Å². The van der Waals surface area contributed by atoms with E-state index < -0.39 is 0 Å². The first-order valence-corrected chi connectivity index (χ1v) is 6.96. The van der Waals surface area contributed by atoms with Gasteiger partial charge in [0.25, 0.3) is 5.91 Å². The Bertz CT molecular complexity index is 482. The van der Waals surface area contributed by atoms with Gasteiger partial charge in [-0.1, -0.05) is 27.2 Å². The third-order valence-electron chi connectivity index (χ3n) is 3.72. The Hall–Kier alpha value is -1.58. The van der Waals surface area contributed by atoms with Gasteiger partial charge in [0.2, 0.25) is 0 Å². The largest absolute Gasteiger partial charge is 0.373 e. The van der Waals surface area contributed by atoms with Crippen molar-refractivity contribution in [3.05, 3.63) is 23.4 Å². The van der Waals surface area contributed by atoms with Crippen LogP contribution in [0.3, 0.4) is 0 Å². The molecule has 0 bridgehead atoms. The molecule has 1 aromatic heterocycles. The van der Waals surface area contributed by atoms with Crippen molar-refractivity contribution in [1.82, 2.24) is 10.3 Å².